The minimum atomic E-state index is 0.264. The first-order valence-electron chi connectivity index (χ1n) is 5.14. The Morgan fingerprint density at radius 1 is 1.18 bits per heavy atom. The smallest absolute Gasteiger partial charge is 0.237 e. The monoisotopic (exact) mass is 245 g/mol. The molecule has 3 aromatic rings. The van der Waals surface area contributed by atoms with Gasteiger partial charge in [-0.25, -0.2) is 4.98 Å². The zero-order valence-electron chi connectivity index (χ0n) is 8.67. The molecule has 1 aliphatic heterocycles. The van der Waals surface area contributed by atoms with Crippen molar-refractivity contribution in [3.63, 3.8) is 0 Å². The third kappa shape index (κ3) is 1.32. The van der Waals surface area contributed by atoms with Gasteiger partial charge in [-0.15, -0.1) is 11.3 Å². The molecule has 0 unspecified atom stereocenters. The number of fused-ring (bicyclic) bond motifs is 2. The first-order chi connectivity index (χ1) is 8.40. The van der Waals surface area contributed by atoms with Gasteiger partial charge in [-0.05, 0) is 11.4 Å². The molecule has 5 heteroatoms. The van der Waals surface area contributed by atoms with Gasteiger partial charge in [0.25, 0.3) is 0 Å². The molecule has 0 bridgehead atoms. The van der Waals surface area contributed by atoms with Crippen LogP contribution in [0.4, 0.5) is 0 Å². The van der Waals surface area contributed by atoms with Crippen LogP contribution in [0.15, 0.2) is 34.1 Å². The van der Waals surface area contributed by atoms with Crippen molar-refractivity contribution in [3.8, 4) is 22.3 Å². The molecule has 4 nitrogen and oxygen atoms in total. The zero-order chi connectivity index (χ0) is 11.2. The molecule has 0 aliphatic carbocycles. The molecule has 2 aromatic heterocycles. The highest BCUT2D eigenvalue weighted by atomic mass is 32.1. The number of thiophene rings is 1. The van der Waals surface area contributed by atoms with E-state index in [1.54, 1.807) is 11.3 Å². The quantitative estimate of drug-likeness (QED) is 0.660. The second-order valence-corrected chi connectivity index (χ2v) is 4.62. The molecule has 1 aromatic carbocycles. The molecule has 17 heavy (non-hydrogen) atoms. The van der Waals surface area contributed by atoms with Crippen molar-refractivity contribution in [1.82, 2.24) is 4.98 Å². The minimum absolute atomic E-state index is 0.264. The second-order valence-electron chi connectivity index (χ2n) is 3.67. The predicted molar refractivity (Wildman–Crippen MR) is 63.4 cm³/mol. The Balaban J connectivity index is 1.93. The third-order valence-corrected chi connectivity index (χ3v) is 3.47. The number of oxazole rings is 1. The summed E-state index contributed by atoms with van der Waals surface area (Å²) in [6.07, 6.45) is 0. The summed E-state index contributed by atoms with van der Waals surface area (Å²) in [6, 6.07) is 7.62. The van der Waals surface area contributed by atoms with Crippen LogP contribution in [0.3, 0.4) is 0 Å². The number of nitrogens with zero attached hydrogens (tertiary/aromatic N) is 1. The van der Waals surface area contributed by atoms with Gasteiger partial charge in [-0.2, -0.15) is 0 Å². The maximum atomic E-state index is 5.70. The van der Waals surface area contributed by atoms with Crippen LogP contribution in [0, 0.1) is 0 Å². The van der Waals surface area contributed by atoms with Crippen molar-refractivity contribution in [3.05, 3.63) is 29.6 Å². The number of hydrogen-bond acceptors (Lipinski definition) is 5. The Labute approximate surface area is 100 Å². The Bertz CT molecular complexity index is 646. The molecule has 0 N–H and O–H groups in total. The van der Waals surface area contributed by atoms with Crippen molar-refractivity contribution in [2.24, 2.45) is 0 Å². The summed E-state index contributed by atoms with van der Waals surface area (Å²) in [5.41, 5.74) is 1.51. The summed E-state index contributed by atoms with van der Waals surface area (Å²) in [5.74, 6) is 2.08. The van der Waals surface area contributed by atoms with Gasteiger partial charge in [0.15, 0.2) is 17.1 Å². The van der Waals surface area contributed by atoms with E-state index in [1.165, 1.54) is 0 Å². The molecule has 0 spiro atoms. The lowest BCUT2D eigenvalue weighted by molar-refractivity contribution is 0.174. The third-order valence-electron chi connectivity index (χ3n) is 2.61. The Morgan fingerprint density at radius 2 is 2.06 bits per heavy atom. The normalized spacial score (nSPS) is 13.4. The van der Waals surface area contributed by atoms with E-state index in [0.717, 1.165) is 21.7 Å². The van der Waals surface area contributed by atoms with E-state index < -0.39 is 0 Å². The summed E-state index contributed by atoms with van der Waals surface area (Å²) >= 11 is 1.60. The number of hydrogen-bond donors (Lipinski definition) is 0. The van der Waals surface area contributed by atoms with Gasteiger partial charge in [-0.1, -0.05) is 6.07 Å². The van der Waals surface area contributed by atoms with Crippen molar-refractivity contribution in [2.45, 2.75) is 0 Å². The fraction of sp³-hybridized carbons (Fsp3) is 0.0833. The van der Waals surface area contributed by atoms with Crippen LogP contribution < -0.4 is 9.47 Å². The van der Waals surface area contributed by atoms with E-state index in [-0.39, 0.29) is 6.79 Å². The van der Waals surface area contributed by atoms with Gasteiger partial charge >= 0.3 is 0 Å². The fourth-order valence-corrected chi connectivity index (χ4v) is 2.47. The van der Waals surface area contributed by atoms with E-state index in [0.29, 0.717) is 11.6 Å². The van der Waals surface area contributed by atoms with Gasteiger partial charge < -0.3 is 13.9 Å². The molecule has 0 saturated carbocycles. The molecule has 4 rings (SSSR count). The summed E-state index contributed by atoms with van der Waals surface area (Å²) in [4.78, 5) is 5.46. The van der Waals surface area contributed by atoms with Gasteiger partial charge in [0.2, 0.25) is 12.7 Å². The van der Waals surface area contributed by atoms with Crippen LogP contribution in [0.1, 0.15) is 0 Å². The fourth-order valence-electron chi connectivity index (χ4n) is 1.82. The summed E-state index contributed by atoms with van der Waals surface area (Å²) < 4.78 is 16.3. The average Bonchev–Trinajstić information content (AvgIpc) is 3.05. The van der Waals surface area contributed by atoms with Gasteiger partial charge in [0, 0.05) is 12.1 Å². The van der Waals surface area contributed by atoms with Crippen LogP contribution in [0.2, 0.25) is 0 Å². The number of rotatable bonds is 1. The molecule has 1 aliphatic rings. The Kier molecular flexibility index (Phi) is 1.73. The zero-order valence-corrected chi connectivity index (χ0v) is 9.49. The Morgan fingerprint density at radius 3 is 2.88 bits per heavy atom. The number of ether oxygens (including phenoxy) is 2. The van der Waals surface area contributed by atoms with Crippen molar-refractivity contribution in [2.75, 3.05) is 6.79 Å². The van der Waals surface area contributed by atoms with Gasteiger partial charge in [0.1, 0.15) is 5.52 Å². The number of benzene rings is 1. The standard InChI is InChI=1S/C12H7NO3S/c1-2-11(17-3-1)12-13-7-4-9-10(15-6-14-9)5-8(7)16-12/h1-5H,6H2. The highest BCUT2D eigenvalue weighted by Crippen LogP contribution is 2.37. The van der Waals surface area contributed by atoms with Gasteiger partial charge in [0.05, 0.1) is 4.88 Å². The first kappa shape index (κ1) is 9.07. The minimum Gasteiger partial charge on any atom is -0.454 e. The maximum Gasteiger partial charge on any atom is 0.237 e. The predicted octanol–water partition coefficient (Wildman–Crippen LogP) is 3.29. The molecule has 0 amide bonds. The molecule has 0 saturated heterocycles. The molecule has 84 valence electrons. The number of aromatic nitrogens is 1. The van der Waals surface area contributed by atoms with E-state index in [4.69, 9.17) is 13.9 Å². The summed E-state index contributed by atoms with van der Waals surface area (Å²) in [7, 11) is 0. The summed E-state index contributed by atoms with van der Waals surface area (Å²) in [6.45, 7) is 0.264. The van der Waals surface area contributed by atoms with Crippen LogP contribution in [-0.4, -0.2) is 11.8 Å². The highest BCUT2D eigenvalue weighted by Gasteiger charge is 2.18. The van der Waals surface area contributed by atoms with Crippen molar-refractivity contribution in [1.29, 1.82) is 0 Å². The van der Waals surface area contributed by atoms with E-state index in [9.17, 15) is 0 Å². The van der Waals surface area contributed by atoms with Gasteiger partial charge in [-0.3, -0.25) is 0 Å². The van der Waals surface area contributed by atoms with E-state index >= 15 is 0 Å². The molecule has 0 atom stereocenters. The largest absolute Gasteiger partial charge is 0.454 e. The topological polar surface area (TPSA) is 44.5 Å². The lowest BCUT2D eigenvalue weighted by Gasteiger charge is -1.92. The molecule has 0 fully saturated rings. The average molecular weight is 245 g/mol. The SMILES string of the molecule is c1csc(-c2nc3cc4c(cc3o2)OCO4)c1. The lowest BCUT2D eigenvalue weighted by atomic mass is 10.3. The second kappa shape index (κ2) is 3.24. The van der Waals surface area contributed by atoms with Crippen molar-refractivity contribution >= 4 is 22.4 Å². The summed E-state index contributed by atoms with van der Waals surface area (Å²) in [5, 5.41) is 2.00. The first-order valence-corrected chi connectivity index (χ1v) is 6.02. The molecular formula is C12H7NO3S. The van der Waals surface area contributed by atoms with Crippen LogP contribution in [-0.2, 0) is 0 Å². The maximum absolute atomic E-state index is 5.70. The molecule has 3 heterocycles. The van der Waals surface area contributed by atoms with Crippen LogP contribution in [0.25, 0.3) is 21.9 Å². The van der Waals surface area contributed by atoms with Crippen LogP contribution in [0.5, 0.6) is 11.5 Å². The highest BCUT2D eigenvalue weighted by molar-refractivity contribution is 7.13. The Hall–Kier alpha value is -2.01. The van der Waals surface area contributed by atoms with E-state index in [2.05, 4.69) is 4.98 Å². The lowest BCUT2D eigenvalue weighted by Crippen LogP contribution is -1.92. The molecule has 0 radical (unpaired) electrons. The molecular weight excluding hydrogens is 238 g/mol. The van der Waals surface area contributed by atoms with E-state index in [1.807, 2.05) is 29.6 Å². The van der Waals surface area contributed by atoms with Crippen LogP contribution >= 0.6 is 11.3 Å². The van der Waals surface area contributed by atoms with Crippen molar-refractivity contribution < 1.29 is 13.9 Å².